The first kappa shape index (κ1) is 22.8. The zero-order valence-electron chi connectivity index (χ0n) is 14.9. The number of pyridine rings is 2. The van der Waals surface area contributed by atoms with Crippen molar-refractivity contribution in [3.05, 3.63) is 73.1 Å². The molecule has 0 aliphatic carbocycles. The number of fused-ring (bicyclic) bond motifs is 2. The summed E-state index contributed by atoms with van der Waals surface area (Å²) in [5.74, 6) is -0.355. The van der Waals surface area contributed by atoms with Crippen molar-refractivity contribution in [1.82, 2.24) is 9.97 Å². The predicted molar refractivity (Wildman–Crippen MR) is 101 cm³/mol. The maximum absolute atomic E-state index is 9.31. The van der Waals surface area contributed by atoms with Crippen molar-refractivity contribution >= 4 is 27.8 Å². The number of carboxylic acid groups (broad SMARTS) is 1. The molecule has 2 aromatic heterocycles. The zero-order valence-corrected chi connectivity index (χ0v) is 16.3. The van der Waals surface area contributed by atoms with Gasteiger partial charge in [-0.2, -0.15) is 0 Å². The molecule has 0 bridgehead atoms. The second kappa shape index (κ2) is 12.2. The summed E-state index contributed by atoms with van der Waals surface area (Å²) in [6, 6.07) is 18.3. The number of aliphatic carboxylic acids is 1. The fraction of sp³-hybridized carbons (Fsp3) is 0.0500. The molecule has 28 heavy (non-hydrogen) atoms. The molecule has 0 amide bonds. The van der Waals surface area contributed by atoms with Crippen LogP contribution >= 0.6 is 0 Å². The van der Waals surface area contributed by atoms with Crippen LogP contribution in [0.1, 0.15) is 6.92 Å². The first-order valence-electron chi connectivity index (χ1n) is 7.92. The summed E-state index contributed by atoms with van der Waals surface area (Å²) < 4.78 is 8.19. The van der Waals surface area contributed by atoms with Gasteiger partial charge in [0.25, 0.3) is 5.97 Å². The average molecular weight is 417 g/mol. The monoisotopic (exact) mass is 417 g/mol. The minimum absolute atomic E-state index is 0.239. The molecular formula is C20H18N2O5V. The Balaban J connectivity index is 0.000000221. The Morgan fingerprint density at radius 3 is 1.39 bits per heavy atom. The van der Waals surface area contributed by atoms with E-state index in [-0.39, 0.29) is 11.5 Å². The van der Waals surface area contributed by atoms with E-state index in [9.17, 15) is 10.2 Å². The number of aromatic hydroxyl groups is 2. The van der Waals surface area contributed by atoms with E-state index in [2.05, 4.69) is 9.97 Å². The Labute approximate surface area is 170 Å². The van der Waals surface area contributed by atoms with Gasteiger partial charge in [-0.05, 0) is 24.3 Å². The Hall–Kier alpha value is -3.29. The molecule has 143 valence electrons. The number of hydrogen-bond donors (Lipinski definition) is 3. The molecule has 4 rings (SSSR count). The van der Waals surface area contributed by atoms with Crippen LogP contribution in [0.2, 0.25) is 0 Å². The second-order valence-electron chi connectivity index (χ2n) is 5.22. The zero-order chi connectivity index (χ0) is 20.9. The topological polar surface area (TPSA) is 121 Å². The van der Waals surface area contributed by atoms with Crippen LogP contribution in [0.15, 0.2) is 73.1 Å². The molecule has 0 aliphatic rings. The van der Waals surface area contributed by atoms with Crippen LogP contribution in [-0.2, 0) is 25.8 Å². The van der Waals surface area contributed by atoms with Crippen molar-refractivity contribution in [3.63, 3.8) is 0 Å². The maximum atomic E-state index is 9.31. The van der Waals surface area contributed by atoms with Crippen LogP contribution in [0.5, 0.6) is 11.5 Å². The van der Waals surface area contributed by atoms with E-state index >= 15 is 0 Å². The third-order valence-corrected chi connectivity index (χ3v) is 3.22. The molecule has 0 spiro atoms. The van der Waals surface area contributed by atoms with Gasteiger partial charge in [-0.1, -0.05) is 36.4 Å². The molecule has 0 radical (unpaired) electrons. The molecule has 0 aliphatic heterocycles. The molecule has 0 saturated carbocycles. The number of carbonyl (C=O) groups is 1. The number of hydrogen-bond acceptors (Lipinski definition) is 6. The third-order valence-electron chi connectivity index (χ3n) is 3.22. The number of phenolic OH excluding ortho intramolecular Hbond substituents is 2. The summed E-state index contributed by atoms with van der Waals surface area (Å²) >= 11 is 1.06. The van der Waals surface area contributed by atoms with Crippen LogP contribution in [0, 0.1) is 0 Å². The number of aromatic nitrogens is 2. The molecule has 0 unspecified atom stereocenters. The van der Waals surface area contributed by atoms with Gasteiger partial charge in [0.2, 0.25) is 0 Å². The average Bonchev–Trinajstić information content (AvgIpc) is 2.71. The Morgan fingerprint density at radius 2 is 1.07 bits per heavy atom. The predicted octanol–water partition coefficient (Wildman–Crippen LogP) is 3.85. The first-order chi connectivity index (χ1) is 13.5. The van der Waals surface area contributed by atoms with Crippen LogP contribution in [-0.4, -0.2) is 31.3 Å². The van der Waals surface area contributed by atoms with Gasteiger partial charge < -0.3 is 15.3 Å². The van der Waals surface area contributed by atoms with Gasteiger partial charge in [0.1, 0.15) is 22.5 Å². The molecule has 8 heteroatoms. The fourth-order valence-corrected chi connectivity index (χ4v) is 2.18. The van der Waals surface area contributed by atoms with Crippen LogP contribution in [0.25, 0.3) is 21.8 Å². The van der Waals surface area contributed by atoms with Gasteiger partial charge >= 0.3 is 21.0 Å². The molecule has 0 atom stereocenters. The van der Waals surface area contributed by atoms with Gasteiger partial charge in [0, 0.05) is 30.1 Å². The molecule has 3 N–H and O–H groups in total. The Kier molecular flexibility index (Phi) is 9.89. The second-order valence-corrected chi connectivity index (χ2v) is 5.22. The summed E-state index contributed by atoms with van der Waals surface area (Å²) in [6.45, 7) is 1.08. The van der Waals surface area contributed by atoms with E-state index in [1.54, 1.807) is 36.7 Å². The molecule has 0 saturated heterocycles. The first-order valence-corrected chi connectivity index (χ1v) is 8.49. The van der Waals surface area contributed by atoms with E-state index in [1.807, 2.05) is 36.4 Å². The molecule has 2 aromatic carbocycles. The summed E-state index contributed by atoms with van der Waals surface area (Å²) in [5.41, 5.74) is 1.32. The number of phenols is 2. The molecule has 4 aromatic rings. The molecule has 7 nitrogen and oxygen atoms in total. The summed E-state index contributed by atoms with van der Waals surface area (Å²) in [6.07, 6.45) is 3.34. The number of rotatable bonds is 0. The van der Waals surface area contributed by atoms with Crippen molar-refractivity contribution in [3.8, 4) is 11.5 Å². The summed E-state index contributed by atoms with van der Waals surface area (Å²) in [5, 5.41) is 28.0. The Morgan fingerprint density at radius 1 is 0.750 bits per heavy atom. The summed E-state index contributed by atoms with van der Waals surface area (Å²) in [4.78, 5) is 17.1. The van der Waals surface area contributed by atoms with Crippen molar-refractivity contribution in [1.29, 1.82) is 0 Å². The van der Waals surface area contributed by atoms with Crippen LogP contribution in [0.4, 0.5) is 0 Å². The van der Waals surface area contributed by atoms with E-state index in [0.717, 1.165) is 35.1 Å². The van der Waals surface area contributed by atoms with Crippen molar-refractivity contribution < 1.29 is 41.2 Å². The van der Waals surface area contributed by atoms with E-state index < -0.39 is 5.97 Å². The quantitative estimate of drug-likeness (QED) is 0.397. The van der Waals surface area contributed by atoms with Gasteiger partial charge in [0.15, 0.2) is 0 Å². The van der Waals surface area contributed by atoms with Gasteiger partial charge in [0.05, 0.1) is 0 Å². The van der Waals surface area contributed by atoms with Crippen LogP contribution in [0.3, 0.4) is 0 Å². The summed E-state index contributed by atoms with van der Waals surface area (Å²) in [7, 11) is 0. The molecule has 2 heterocycles. The minimum atomic E-state index is -0.833. The Bertz CT molecular complexity index is 951. The van der Waals surface area contributed by atoms with Crippen LogP contribution < -0.4 is 0 Å². The van der Waals surface area contributed by atoms with Crippen molar-refractivity contribution in [2.75, 3.05) is 0 Å². The molecular weight excluding hydrogens is 399 g/mol. The third kappa shape index (κ3) is 7.15. The number of para-hydroxylation sites is 2. The SMILES string of the molecule is CC(=O)O.Oc1cccc2cccnc12.Oc1cccc2cccnc12.[O]=[V]. The van der Waals surface area contributed by atoms with Gasteiger partial charge in [-0.15, -0.1) is 0 Å². The van der Waals surface area contributed by atoms with Gasteiger partial charge in [-0.25, -0.2) is 0 Å². The van der Waals surface area contributed by atoms with Crippen molar-refractivity contribution in [2.45, 2.75) is 6.92 Å². The molecule has 0 fully saturated rings. The van der Waals surface area contributed by atoms with E-state index in [0.29, 0.717) is 11.0 Å². The van der Waals surface area contributed by atoms with E-state index in [4.69, 9.17) is 13.6 Å². The standard InChI is InChI=1S/2C9H7NO.C2H4O2.O.V/c2*11-8-5-1-3-7-4-2-6-10-9(7)8;1-2(3)4;;/h2*1-6,11H;1H3,(H,3,4);;. The fourth-order valence-electron chi connectivity index (χ4n) is 2.18. The van der Waals surface area contributed by atoms with Crippen molar-refractivity contribution in [2.24, 2.45) is 0 Å². The normalized spacial score (nSPS) is 9.00. The number of carboxylic acids is 1. The van der Waals surface area contributed by atoms with E-state index in [1.165, 1.54) is 0 Å². The number of nitrogens with zero attached hydrogens (tertiary/aromatic N) is 2. The van der Waals surface area contributed by atoms with Gasteiger partial charge in [-0.3, -0.25) is 14.8 Å². The number of benzene rings is 2.